The van der Waals surface area contributed by atoms with Crippen molar-refractivity contribution in [3.63, 3.8) is 0 Å². The Kier molecular flexibility index (Phi) is 6.68. The topological polar surface area (TPSA) is 61.8 Å². The van der Waals surface area contributed by atoms with Gasteiger partial charge in [-0.2, -0.15) is 0 Å². The molecule has 2 aromatic carbocycles. The molecule has 25 heavy (non-hydrogen) atoms. The highest BCUT2D eigenvalue weighted by Crippen LogP contribution is 2.54. The van der Waals surface area contributed by atoms with Crippen molar-refractivity contribution < 1.29 is 23.1 Å². The molecule has 0 aliphatic heterocycles. The molecule has 1 atom stereocenters. The minimum absolute atomic E-state index is 0.202. The van der Waals surface area contributed by atoms with Gasteiger partial charge in [-0.15, -0.1) is 6.42 Å². The highest BCUT2D eigenvalue weighted by Gasteiger charge is 2.44. The summed E-state index contributed by atoms with van der Waals surface area (Å²) in [6, 6.07) is 17.1. The van der Waals surface area contributed by atoms with Gasteiger partial charge >= 0.3 is 13.6 Å². The summed E-state index contributed by atoms with van der Waals surface area (Å²) in [6.45, 7) is 1.50. The predicted octanol–water partition coefficient (Wildman–Crippen LogP) is 4.29. The number of benzene rings is 2. The molecule has 6 heteroatoms. The van der Waals surface area contributed by atoms with Crippen LogP contribution in [0, 0.1) is 12.3 Å². The van der Waals surface area contributed by atoms with Crippen LogP contribution < -0.4 is 9.05 Å². The number of hydrogen-bond donors (Lipinski definition) is 0. The van der Waals surface area contributed by atoms with Crippen molar-refractivity contribution in [3.05, 3.63) is 60.7 Å². The Labute approximate surface area is 147 Å². The molecule has 0 saturated heterocycles. The number of ether oxygens (including phenoxy) is 1. The van der Waals surface area contributed by atoms with Crippen LogP contribution in [0.25, 0.3) is 0 Å². The van der Waals surface area contributed by atoms with E-state index in [4.69, 9.17) is 20.2 Å². The summed E-state index contributed by atoms with van der Waals surface area (Å²) in [5.41, 5.74) is -1.10. The lowest BCUT2D eigenvalue weighted by Gasteiger charge is -2.25. The first-order valence-electron chi connectivity index (χ1n) is 7.78. The van der Waals surface area contributed by atoms with Crippen LogP contribution in [0.5, 0.6) is 11.5 Å². The van der Waals surface area contributed by atoms with Crippen LogP contribution in [0.1, 0.15) is 13.3 Å². The average Bonchev–Trinajstić information content (AvgIpc) is 2.62. The molecule has 0 aliphatic rings. The van der Waals surface area contributed by atoms with E-state index in [-0.39, 0.29) is 13.0 Å². The van der Waals surface area contributed by atoms with Crippen LogP contribution in [-0.2, 0) is 14.1 Å². The average molecular weight is 358 g/mol. The Hall–Kier alpha value is -2.70. The molecule has 0 aliphatic carbocycles. The molecule has 1 unspecified atom stereocenters. The summed E-state index contributed by atoms with van der Waals surface area (Å²) in [4.78, 5) is 12.3. The maximum Gasteiger partial charge on any atom is 0.444 e. The number of carbonyl (C=O) groups excluding carboxylic acids is 1. The molecular formula is C19H19O5P. The minimum Gasteiger partial charge on any atom is -0.452 e. The van der Waals surface area contributed by atoms with Crippen molar-refractivity contribution >= 4 is 13.6 Å². The maximum absolute atomic E-state index is 13.5. The fourth-order valence-electron chi connectivity index (χ4n) is 2.13. The molecule has 0 bridgehead atoms. The lowest BCUT2D eigenvalue weighted by Crippen LogP contribution is -2.27. The van der Waals surface area contributed by atoms with Crippen LogP contribution in [-0.4, -0.2) is 18.2 Å². The Balaban J connectivity index is 2.34. The predicted molar refractivity (Wildman–Crippen MR) is 95.6 cm³/mol. The molecule has 0 radical (unpaired) electrons. The zero-order valence-electron chi connectivity index (χ0n) is 13.8. The van der Waals surface area contributed by atoms with E-state index in [1.165, 1.54) is 0 Å². The number of para-hydroxylation sites is 2. The summed E-state index contributed by atoms with van der Waals surface area (Å²) in [6.07, 6.45) is 5.32. The first kappa shape index (κ1) is 18.6. The van der Waals surface area contributed by atoms with Gasteiger partial charge in [0.2, 0.25) is 0 Å². The van der Waals surface area contributed by atoms with E-state index in [1.807, 2.05) is 0 Å². The van der Waals surface area contributed by atoms with Crippen molar-refractivity contribution in [2.24, 2.45) is 0 Å². The van der Waals surface area contributed by atoms with E-state index in [0.717, 1.165) is 0 Å². The summed E-state index contributed by atoms with van der Waals surface area (Å²) in [5.74, 6) is 2.18. The number of rotatable bonds is 8. The van der Waals surface area contributed by atoms with Gasteiger partial charge in [-0.1, -0.05) is 49.2 Å². The lowest BCUT2D eigenvalue weighted by atomic mass is 10.3. The minimum atomic E-state index is -3.91. The van der Waals surface area contributed by atoms with E-state index in [2.05, 4.69) is 5.92 Å². The van der Waals surface area contributed by atoms with Crippen LogP contribution in [0.15, 0.2) is 60.7 Å². The maximum atomic E-state index is 13.5. The molecule has 5 nitrogen and oxygen atoms in total. The van der Waals surface area contributed by atoms with Gasteiger partial charge in [-0.05, 0) is 30.7 Å². The number of terminal acetylenes is 1. The van der Waals surface area contributed by atoms with Crippen molar-refractivity contribution in [3.8, 4) is 23.8 Å². The Morgan fingerprint density at radius 3 is 1.92 bits per heavy atom. The van der Waals surface area contributed by atoms with Gasteiger partial charge in [-0.3, -0.25) is 4.79 Å². The molecule has 2 aromatic rings. The number of esters is 1. The second-order valence-corrected chi connectivity index (χ2v) is 7.15. The van der Waals surface area contributed by atoms with Crippen LogP contribution in [0.2, 0.25) is 0 Å². The molecule has 0 aromatic heterocycles. The molecule has 0 N–H and O–H groups in total. The summed E-state index contributed by atoms with van der Waals surface area (Å²) in [5, 5.41) is 0. The molecule has 0 amide bonds. The Morgan fingerprint density at radius 1 is 1.04 bits per heavy atom. The highest BCUT2D eigenvalue weighted by molar-refractivity contribution is 7.56. The van der Waals surface area contributed by atoms with Gasteiger partial charge in [0.25, 0.3) is 0 Å². The third-order valence-corrected chi connectivity index (χ3v) is 5.56. The molecule has 2 rings (SSSR count). The quantitative estimate of drug-likeness (QED) is 0.400. The second kappa shape index (κ2) is 8.96. The third kappa shape index (κ3) is 5.14. The van der Waals surface area contributed by atoms with Crippen LogP contribution in [0.3, 0.4) is 0 Å². The molecular weight excluding hydrogens is 339 g/mol. The first-order chi connectivity index (χ1) is 12.1. The lowest BCUT2D eigenvalue weighted by molar-refractivity contribution is -0.142. The number of hydrogen-bond acceptors (Lipinski definition) is 5. The summed E-state index contributed by atoms with van der Waals surface area (Å²) >= 11 is 0. The third-order valence-electron chi connectivity index (χ3n) is 3.29. The van der Waals surface area contributed by atoms with Gasteiger partial charge in [0.1, 0.15) is 11.5 Å². The normalized spacial score (nSPS) is 11.8. The van der Waals surface area contributed by atoms with Gasteiger partial charge in [0.05, 0.1) is 0 Å². The van der Waals surface area contributed by atoms with E-state index >= 15 is 0 Å². The summed E-state index contributed by atoms with van der Waals surface area (Å²) < 4.78 is 29.7. The van der Waals surface area contributed by atoms with Gasteiger partial charge in [0, 0.05) is 0 Å². The van der Waals surface area contributed by atoms with Crippen LogP contribution in [0.4, 0.5) is 0 Å². The molecule has 0 heterocycles. The number of carbonyl (C=O) groups is 1. The van der Waals surface area contributed by atoms with E-state index in [0.29, 0.717) is 11.5 Å². The van der Waals surface area contributed by atoms with Crippen molar-refractivity contribution in [1.29, 1.82) is 0 Å². The largest absolute Gasteiger partial charge is 0.452 e. The van der Waals surface area contributed by atoms with Gasteiger partial charge in [0.15, 0.2) is 12.3 Å². The monoisotopic (exact) mass is 358 g/mol. The zero-order valence-corrected chi connectivity index (χ0v) is 14.7. The Bertz CT molecular complexity index is 722. The molecule has 0 fully saturated rings. The fraction of sp³-hybridized carbons (Fsp3) is 0.211. The van der Waals surface area contributed by atoms with E-state index < -0.39 is 19.2 Å². The highest BCUT2D eigenvalue weighted by atomic mass is 31.2. The van der Waals surface area contributed by atoms with Crippen LogP contribution >= 0.6 is 7.60 Å². The van der Waals surface area contributed by atoms with Crippen molar-refractivity contribution in [2.75, 3.05) is 6.61 Å². The van der Waals surface area contributed by atoms with Crippen molar-refractivity contribution in [2.45, 2.75) is 19.0 Å². The smallest absolute Gasteiger partial charge is 0.444 e. The van der Waals surface area contributed by atoms with Gasteiger partial charge < -0.3 is 13.8 Å². The van der Waals surface area contributed by atoms with Gasteiger partial charge in [-0.25, -0.2) is 4.57 Å². The standard InChI is InChI=1S/C19H19O5P/c1-3-15-22-19(20)18(4-2)25(21,23-16-11-7-5-8-12-16)24-17-13-9-6-10-14-17/h1,5-14,18H,4,15H2,2H3. The first-order valence-corrected chi connectivity index (χ1v) is 9.39. The molecule has 0 spiro atoms. The molecule has 130 valence electrons. The fourth-order valence-corrected chi connectivity index (χ4v) is 4.03. The second-order valence-electron chi connectivity index (χ2n) is 5.08. The summed E-state index contributed by atoms with van der Waals surface area (Å²) in [7, 11) is -3.91. The SMILES string of the molecule is C#CCOC(=O)C(CC)P(=O)(Oc1ccccc1)Oc1ccccc1. The zero-order chi connectivity index (χ0) is 18.1. The van der Waals surface area contributed by atoms with Crippen molar-refractivity contribution in [1.82, 2.24) is 0 Å². The Morgan fingerprint density at radius 2 is 1.52 bits per heavy atom. The van der Waals surface area contributed by atoms with E-state index in [1.54, 1.807) is 67.6 Å². The molecule has 0 saturated carbocycles. The van der Waals surface area contributed by atoms with E-state index in [9.17, 15) is 9.36 Å².